The van der Waals surface area contributed by atoms with Gasteiger partial charge in [-0.2, -0.15) is 0 Å². The first-order chi connectivity index (χ1) is 6.00. The molecule has 0 aliphatic heterocycles. The zero-order chi connectivity index (χ0) is 10.2. The van der Waals surface area contributed by atoms with E-state index in [1.165, 1.54) is 0 Å². The van der Waals surface area contributed by atoms with Crippen LogP contribution >= 0.6 is 0 Å². The van der Waals surface area contributed by atoms with E-state index in [0.717, 1.165) is 7.11 Å². The van der Waals surface area contributed by atoms with E-state index in [0.29, 0.717) is 0 Å². The molecule has 0 saturated heterocycles. The first-order valence-electron chi connectivity index (χ1n) is 4.45. The molecule has 0 saturated carbocycles. The molecule has 0 unspecified atom stereocenters. The molecule has 0 atom stereocenters. The molecule has 1 aromatic carbocycles. The van der Waals surface area contributed by atoms with Crippen LogP contribution in [0.4, 0.5) is 0 Å². The van der Waals surface area contributed by atoms with E-state index in [2.05, 4.69) is 0 Å². The van der Waals surface area contributed by atoms with E-state index in [1.54, 1.807) is 0 Å². The molecule has 0 fully saturated rings. The minimum Gasteiger partial charge on any atom is -0.400 e. The van der Waals surface area contributed by atoms with Crippen molar-refractivity contribution >= 4 is 0 Å². The van der Waals surface area contributed by atoms with Crippen molar-refractivity contribution in [3.8, 4) is 0 Å². The molecule has 0 spiro atoms. The van der Waals surface area contributed by atoms with E-state index in [9.17, 15) is 0 Å². The second-order valence-electron chi connectivity index (χ2n) is 1.15. The number of hydrogen-bond acceptors (Lipinski definition) is 1. The Balaban J connectivity index is -0.000000117. The van der Waals surface area contributed by atoms with Crippen LogP contribution in [-0.2, 0) is 0 Å². The molecular formula is C11H22O. The summed E-state index contributed by atoms with van der Waals surface area (Å²) in [6, 6.07) is 12.0. The van der Waals surface area contributed by atoms with Gasteiger partial charge in [0.05, 0.1) is 0 Å². The fraction of sp³-hybridized carbons (Fsp3) is 0.455. The Bertz CT molecular complexity index is 76.9. The number of aliphatic hydroxyl groups is 1. The van der Waals surface area contributed by atoms with Gasteiger partial charge >= 0.3 is 0 Å². The van der Waals surface area contributed by atoms with Crippen LogP contribution < -0.4 is 0 Å². The van der Waals surface area contributed by atoms with Gasteiger partial charge in [-0.1, -0.05) is 64.1 Å². The molecular weight excluding hydrogens is 148 g/mol. The summed E-state index contributed by atoms with van der Waals surface area (Å²) in [5, 5.41) is 7.00. The van der Waals surface area contributed by atoms with Gasteiger partial charge in [0.15, 0.2) is 0 Å². The van der Waals surface area contributed by atoms with Crippen LogP contribution in [-0.4, -0.2) is 12.2 Å². The van der Waals surface area contributed by atoms with Crippen LogP contribution in [0, 0.1) is 0 Å². The zero-order valence-electron chi connectivity index (χ0n) is 8.91. The van der Waals surface area contributed by atoms with Gasteiger partial charge in [0.25, 0.3) is 0 Å². The molecule has 0 aromatic heterocycles. The van der Waals surface area contributed by atoms with E-state index < -0.39 is 0 Å². The van der Waals surface area contributed by atoms with Crippen molar-refractivity contribution in [1.29, 1.82) is 0 Å². The maximum Gasteiger partial charge on any atom is 0.0319 e. The lowest BCUT2D eigenvalue weighted by Crippen LogP contribution is -1.47. The van der Waals surface area contributed by atoms with E-state index in [-0.39, 0.29) is 0 Å². The summed E-state index contributed by atoms with van der Waals surface area (Å²) in [4.78, 5) is 0. The maximum atomic E-state index is 7.00. The summed E-state index contributed by atoms with van der Waals surface area (Å²) in [6.07, 6.45) is 0. The molecule has 1 aromatic rings. The topological polar surface area (TPSA) is 20.2 Å². The van der Waals surface area contributed by atoms with Gasteiger partial charge in [-0.15, -0.1) is 0 Å². The molecule has 0 heterocycles. The first-order valence-corrected chi connectivity index (χ1v) is 4.45. The maximum absolute atomic E-state index is 7.00. The molecule has 1 nitrogen and oxygen atoms in total. The van der Waals surface area contributed by atoms with Gasteiger partial charge in [0, 0.05) is 7.11 Å². The van der Waals surface area contributed by atoms with Crippen LogP contribution in [0.2, 0.25) is 0 Å². The summed E-state index contributed by atoms with van der Waals surface area (Å²) in [6.45, 7) is 8.00. The van der Waals surface area contributed by atoms with Crippen molar-refractivity contribution in [2.45, 2.75) is 27.7 Å². The SMILES string of the molecule is CC.CC.CO.c1ccccc1. The van der Waals surface area contributed by atoms with Crippen LogP contribution in [0.15, 0.2) is 36.4 Å². The van der Waals surface area contributed by atoms with Gasteiger partial charge < -0.3 is 5.11 Å². The second-order valence-corrected chi connectivity index (χ2v) is 1.15. The normalized spacial score (nSPS) is 5.50. The van der Waals surface area contributed by atoms with Crippen LogP contribution in [0.5, 0.6) is 0 Å². The fourth-order valence-corrected chi connectivity index (χ4v) is 0.385. The molecule has 1 N–H and O–H groups in total. The lowest BCUT2D eigenvalue weighted by molar-refractivity contribution is 0.399. The second kappa shape index (κ2) is 32.0. The molecule has 0 radical (unpaired) electrons. The lowest BCUT2D eigenvalue weighted by atomic mass is 10.4. The molecule has 0 aliphatic carbocycles. The summed E-state index contributed by atoms with van der Waals surface area (Å²) in [5.74, 6) is 0. The summed E-state index contributed by atoms with van der Waals surface area (Å²) < 4.78 is 0. The van der Waals surface area contributed by atoms with E-state index in [4.69, 9.17) is 5.11 Å². The smallest absolute Gasteiger partial charge is 0.0319 e. The summed E-state index contributed by atoms with van der Waals surface area (Å²) >= 11 is 0. The van der Waals surface area contributed by atoms with Gasteiger partial charge in [-0.05, 0) is 0 Å². The third-order valence-electron chi connectivity index (χ3n) is 0.667. The molecule has 0 amide bonds. The van der Waals surface area contributed by atoms with E-state index in [1.807, 2.05) is 64.1 Å². The van der Waals surface area contributed by atoms with Gasteiger partial charge in [-0.25, -0.2) is 0 Å². The number of rotatable bonds is 0. The van der Waals surface area contributed by atoms with Crippen molar-refractivity contribution < 1.29 is 5.11 Å². The Morgan fingerprint density at radius 3 is 0.667 bits per heavy atom. The molecule has 1 heteroatoms. The van der Waals surface area contributed by atoms with Crippen molar-refractivity contribution in [3.05, 3.63) is 36.4 Å². The standard InChI is InChI=1S/C6H6.2C2H6.CH4O/c1-2-4-6-5-3-1;3*1-2/h1-6H;2*1-2H3;2H,1H3. The number of hydrogen-bond donors (Lipinski definition) is 1. The van der Waals surface area contributed by atoms with Crippen molar-refractivity contribution in [2.24, 2.45) is 0 Å². The fourth-order valence-electron chi connectivity index (χ4n) is 0.385. The predicted octanol–water partition coefficient (Wildman–Crippen LogP) is 3.35. The molecule has 0 aliphatic rings. The highest BCUT2D eigenvalue weighted by Gasteiger charge is 1.57. The minimum atomic E-state index is 1.00. The van der Waals surface area contributed by atoms with Crippen LogP contribution in [0.25, 0.3) is 0 Å². The first kappa shape index (κ1) is 17.3. The number of benzene rings is 1. The van der Waals surface area contributed by atoms with Crippen LogP contribution in [0.3, 0.4) is 0 Å². The highest BCUT2D eigenvalue weighted by molar-refractivity contribution is 4.99. The van der Waals surface area contributed by atoms with Gasteiger partial charge in [-0.3, -0.25) is 0 Å². The Morgan fingerprint density at radius 2 is 0.583 bits per heavy atom. The van der Waals surface area contributed by atoms with Crippen molar-refractivity contribution in [1.82, 2.24) is 0 Å². The predicted molar refractivity (Wildman–Crippen MR) is 57.3 cm³/mol. The highest BCUT2D eigenvalue weighted by Crippen LogP contribution is 1.79. The molecule has 1 rings (SSSR count). The Morgan fingerprint density at radius 1 is 0.500 bits per heavy atom. The third kappa shape index (κ3) is 22.9. The Hall–Kier alpha value is -0.820. The number of aliphatic hydroxyl groups excluding tert-OH is 1. The molecule has 0 bridgehead atoms. The van der Waals surface area contributed by atoms with Crippen molar-refractivity contribution in [2.75, 3.05) is 7.11 Å². The van der Waals surface area contributed by atoms with E-state index >= 15 is 0 Å². The quantitative estimate of drug-likeness (QED) is 0.633. The average molecular weight is 170 g/mol. The lowest BCUT2D eigenvalue weighted by Gasteiger charge is -1.69. The minimum absolute atomic E-state index is 1.00. The molecule has 12 heavy (non-hydrogen) atoms. The summed E-state index contributed by atoms with van der Waals surface area (Å²) in [7, 11) is 1.00. The average Bonchev–Trinajstić information content (AvgIpc) is 2.29. The van der Waals surface area contributed by atoms with Crippen LogP contribution in [0.1, 0.15) is 27.7 Å². The summed E-state index contributed by atoms with van der Waals surface area (Å²) in [5.41, 5.74) is 0. The zero-order valence-corrected chi connectivity index (χ0v) is 8.91. The van der Waals surface area contributed by atoms with Gasteiger partial charge in [0.2, 0.25) is 0 Å². The largest absolute Gasteiger partial charge is 0.400 e. The monoisotopic (exact) mass is 170 g/mol. The Kier molecular flexibility index (Phi) is 46.1. The third-order valence-corrected chi connectivity index (χ3v) is 0.667. The Labute approximate surface area is 77.1 Å². The van der Waals surface area contributed by atoms with Gasteiger partial charge in [0.1, 0.15) is 0 Å². The molecule has 72 valence electrons. The van der Waals surface area contributed by atoms with Crippen molar-refractivity contribution in [3.63, 3.8) is 0 Å². The highest BCUT2D eigenvalue weighted by atomic mass is 16.2.